The summed E-state index contributed by atoms with van der Waals surface area (Å²) < 4.78 is 4.85. The van der Waals surface area contributed by atoms with E-state index in [2.05, 4.69) is 20.3 Å². The predicted molar refractivity (Wildman–Crippen MR) is 98.1 cm³/mol. The summed E-state index contributed by atoms with van der Waals surface area (Å²) in [6, 6.07) is 7.69. The van der Waals surface area contributed by atoms with Gasteiger partial charge in [0, 0.05) is 5.69 Å². The molecule has 3 aromatic rings. The number of carbonyl (C=O) groups excluding carboxylic acids is 2. The molecule has 0 fully saturated rings. The highest BCUT2D eigenvalue weighted by molar-refractivity contribution is 6.00. The van der Waals surface area contributed by atoms with E-state index in [0.717, 1.165) is 17.5 Å². The predicted octanol–water partition coefficient (Wildman–Crippen LogP) is 2.87. The second kappa shape index (κ2) is 7.43. The number of fused-ring (bicyclic) bond motifs is 1. The second-order valence-electron chi connectivity index (χ2n) is 6.10. The van der Waals surface area contributed by atoms with Crippen LogP contribution in [0, 0.1) is 6.92 Å². The zero-order valence-corrected chi connectivity index (χ0v) is 15.1. The molecule has 0 unspecified atom stereocenters. The molecule has 3 N–H and O–H groups in total. The number of methoxy groups -OCH3 is 1. The number of para-hydroxylation sites is 2. The van der Waals surface area contributed by atoms with E-state index in [0.29, 0.717) is 34.8 Å². The number of hydrogen-bond donors (Lipinski definition) is 3. The number of aromatic amines is 2. The van der Waals surface area contributed by atoms with E-state index in [-0.39, 0.29) is 12.5 Å². The topological polar surface area (TPSA) is 99.9 Å². The van der Waals surface area contributed by atoms with Crippen LogP contribution in [0.5, 0.6) is 0 Å². The van der Waals surface area contributed by atoms with Crippen molar-refractivity contribution in [2.75, 3.05) is 7.11 Å². The Labute approximate surface area is 151 Å². The van der Waals surface area contributed by atoms with Gasteiger partial charge in [-0.15, -0.1) is 0 Å². The van der Waals surface area contributed by atoms with E-state index >= 15 is 0 Å². The van der Waals surface area contributed by atoms with Crippen molar-refractivity contribution in [2.45, 2.75) is 33.2 Å². The van der Waals surface area contributed by atoms with Crippen molar-refractivity contribution >= 4 is 22.9 Å². The molecule has 0 spiro atoms. The fourth-order valence-corrected chi connectivity index (χ4v) is 3.09. The Bertz CT molecular complexity index is 922. The van der Waals surface area contributed by atoms with Crippen molar-refractivity contribution in [1.29, 1.82) is 0 Å². The fraction of sp³-hybridized carbons (Fsp3) is 0.316. The monoisotopic (exact) mass is 354 g/mol. The zero-order chi connectivity index (χ0) is 18.7. The first kappa shape index (κ1) is 17.7. The number of carbonyl (C=O) groups is 2. The van der Waals surface area contributed by atoms with E-state index in [1.807, 2.05) is 31.2 Å². The fourth-order valence-electron chi connectivity index (χ4n) is 3.09. The second-order valence-corrected chi connectivity index (χ2v) is 6.10. The van der Waals surface area contributed by atoms with Gasteiger partial charge in [0.25, 0.3) is 5.91 Å². The molecule has 1 aromatic carbocycles. The molecule has 26 heavy (non-hydrogen) atoms. The summed E-state index contributed by atoms with van der Waals surface area (Å²) in [5.74, 6) is -0.0289. The average Bonchev–Trinajstić information content (AvgIpc) is 3.20. The minimum absolute atomic E-state index is 0.269. The molecule has 0 saturated heterocycles. The van der Waals surface area contributed by atoms with Crippen molar-refractivity contribution in [2.24, 2.45) is 0 Å². The molecular formula is C19H22N4O3. The maximum absolute atomic E-state index is 12.7. The van der Waals surface area contributed by atoms with Gasteiger partial charge in [-0.05, 0) is 31.0 Å². The quantitative estimate of drug-likeness (QED) is 0.593. The molecule has 1 amide bonds. The van der Waals surface area contributed by atoms with Crippen molar-refractivity contribution in [3.63, 3.8) is 0 Å². The first-order chi connectivity index (χ1) is 12.5. The van der Waals surface area contributed by atoms with Gasteiger partial charge in [0.2, 0.25) is 0 Å². The molecule has 2 heterocycles. The minimum atomic E-state index is -0.432. The first-order valence-corrected chi connectivity index (χ1v) is 8.56. The van der Waals surface area contributed by atoms with Gasteiger partial charge in [0.05, 0.1) is 30.3 Å². The van der Waals surface area contributed by atoms with E-state index in [1.54, 1.807) is 6.92 Å². The number of nitrogens with one attached hydrogen (secondary N) is 3. The van der Waals surface area contributed by atoms with E-state index in [9.17, 15) is 9.59 Å². The summed E-state index contributed by atoms with van der Waals surface area (Å²) in [6.07, 6.45) is 1.42. The molecule has 0 bridgehead atoms. The van der Waals surface area contributed by atoms with Crippen LogP contribution < -0.4 is 5.32 Å². The summed E-state index contributed by atoms with van der Waals surface area (Å²) >= 11 is 0. The molecule has 2 aromatic heterocycles. The van der Waals surface area contributed by atoms with E-state index in [1.165, 1.54) is 7.11 Å². The van der Waals surface area contributed by atoms with Crippen LogP contribution in [0.3, 0.4) is 0 Å². The van der Waals surface area contributed by atoms with Crippen LogP contribution in [0.4, 0.5) is 0 Å². The molecule has 3 rings (SSSR count). The van der Waals surface area contributed by atoms with Gasteiger partial charge >= 0.3 is 5.97 Å². The Kier molecular flexibility index (Phi) is 5.06. The number of esters is 1. The summed E-state index contributed by atoms with van der Waals surface area (Å²) in [5, 5.41) is 2.86. The summed E-state index contributed by atoms with van der Waals surface area (Å²) in [4.78, 5) is 35.4. The third kappa shape index (κ3) is 3.33. The third-order valence-electron chi connectivity index (χ3n) is 4.26. The maximum atomic E-state index is 12.7. The van der Waals surface area contributed by atoms with Crippen LogP contribution in [0.2, 0.25) is 0 Å². The van der Waals surface area contributed by atoms with Gasteiger partial charge in [-0.1, -0.05) is 25.5 Å². The Morgan fingerprint density at radius 3 is 2.69 bits per heavy atom. The first-order valence-electron chi connectivity index (χ1n) is 8.56. The van der Waals surface area contributed by atoms with Crippen molar-refractivity contribution < 1.29 is 14.3 Å². The van der Waals surface area contributed by atoms with Crippen LogP contribution in [0.1, 0.15) is 51.3 Å². The van der Waals surface area contributed by atoms with Crippen LogP contribution >= 0.6 is 0 Å². The van der Waals surface area contributed by atoms with Gasteiger partial charge in [-0.25, -0.2) is 9.78 Å². The Morgan fingerprint density at radius 1 is 1.23 bits per heavy atom. The normalized spacial score (nSPS) is 10.9. The van der Waals surface area contributed by atoms with Gasteiger partial charge in [-0.2, -0.15) is 0 Å². The summed E-state index contributed by atoms with van der Waals surface area (Å²) in [6.45, 7) is 4.03. The smallest absolute Gasteiger partial charge is 0.339 e. The van der Waals surface area contributed by atoms with Crippen molar-refractivity contribution in [1.82, 2.24) is 20.3 Å². The standard InChI is InChI=1S/C19H22N4O3/c1-4-7-12-16(19(25)26-3)11(2)21-17(12)18(24)20-10-15-22-13-8-5-6-9-14(13)23-15/h5-6,8-9,21H,4,7,10H2,1-3H3,(H,20,24)(H,22,23). The molecule has 0 saturated carbocycles. The summed E-state index contributed by atoms with van der Waals surface area (Å²) in [7, 11) is 1.34. The van der Waals surface area contributed by atoms with Crippen LogP contribution in [-0.4, -0.2) is 33.9 Å². The average molecular weight is 354 g/mol. The van der Waals surface area contributed by atoms with E-state index in [4.69, 9.17) is 4.74 Å². The van der Waals surface area contributed by atoms with Crippen LogP contribution in [0.15, 0.2) is 24.3 Å². The lowest BCUT2D eigenvalue weighted by Crippen LogP contribution is -2.25. The van der Waals surface area contributed by atoms with Gasteiger partial charge < -0.3 is 20.0 Å². The largest absolute Gasteiger partial charge is 0.465 e. The molecule has 0 aliphatic heterocycles. The highest BCUT2D eigenvalue weighted by Crippen LogP contribution is 2.22. The number of aromatic nitrogens is 3. The molecule has 7 heteroatoms. The molecule has 0 aliphatic carbocycles. The molecule has 0 radical (unpaired) electrons. The number of hydrogen-bond acceptors (Lipinski definition) is 4. The third-order valence-corrected chi connectivity index (χ3v) is 4.26. The van der Waals surface area contributed by atoms with Crippen LogP contribution in [-0.2, 0) is 17.7 Å². The number of benzene rings is 1. The van der Waals surface area contributed by atoms with Gasteiger partial charge in [0.15, 0.2) is 0 Å². The number of rotatable bonds is 6. The molecule has 0 atom stereocenters. The highest BCUT2D eigenvalue weighted by atomic mass is 16.5. The number of nitrogens with zero attached hydrogens (tertiary/aromatic N) is 1. The Hall–Kier alpha value is -3.09. The highest BCUT2D eigenvalue weighted by Gasteiger charge is 2.24. The summed E-state index contributed by atoms with van der Waals surface area (Å²) in [5.41, 5.74) is 3.96. The Morgan fingerprint density at radius 2 is 2.00 bits per heavy atom. The maximum Gasteiger partial charge on any atom is 0.339 e. The number of imidazole rings is 1. The van der Waals surface area contributed by atoms with Crippen molar-refractivity contribution in [3.05, 3.63) is 52.6 Å². The van der Waals surface area contributed by atoms with Gasteiger partial charge in [0.1, 0.15) is 11.5 Å². The zero-order valence-electron chi connectivity index (χ0n) is 15.1. The number of ether oxygens (including phenoxy) is 1. The number of H-pyrrole nitrogens is 2. The molecule has 136 valence electrons. The van der Waals surface area contributed by atoms with Crippen molar-refractivity contribution in [3.8, 4) is 0 Å². The lowest BCUT2D eigenvalue weighted by atomic mass is 10.0. The number of amides is 1. The molecule has 0 aliphatic rings. The van der Waals surface area contributed by atoms with E-state index < -0.39 is 5.97 Å². The lowest BCUT2D eigenvalue weighted by Gasteiger charge is -2.06. The number of aryl methyl sites for hydroxylation is 1. The van der Waals surface area contributed by atoms with Crippen LogP contribution in [0.25, 0.3) is 11.0 Å². The molecule has 7 nitrogen and oxygen atoms in total. The Balaban J connectivity index is 1.81. The SMILES string of the molecule is CCCc1c(C(=O)NCc2nc3ccccc3[nH]2)[nH]c(C)c1C(=O)OC. The minimum Gasteiger partial charge on any atom is -0.465 e. The lowest BCUT2D eigenvalue weighted by molar-refractivity contribution is 0.0599. The molecular weight excluding hydrogens is 332 g/mol. The van der Waals surface area contributed by atoms with Gasteiger partial charge in [-0.3, -0.25) is 4.79 Å².